The van der Waals surface area contributed by atoms with Crippen LogP contribution in [0.15, 0.2) is 55.1 Å². The Morgan fingerprint density at radius 2 is 1.67 bits per heavy atom. The second-order valence-electron chi connectivity index (χ2n) is 8.95. The number of fused-ring (bicyclic) bond motifs is 1. The van der Waals surface area contributed by atoms with Crippen LogP contribution in [-0.2, 0) is 0 Å². The molecule has 6 heterocycles. The Balaban J connectivity index is 1.20. The number of nitrogen functional groups attached to an aromatic ring is 1. The van der Waals surface area contributed by atoms with Crippen molar-refractivity contribution in [2.45, 2.75) is 31.7 Å². The summed E-state index contributed by atoms with van der Waals surface area (Å²) in [6.45, 7) is 4.70. The highest BCUT2D eigenvalue weighted by atomic mass is 15.3. The van der Waals surface area contributed by atoms with Crippen molar-refractivity contribution in [3.63, 3.8) is 0 Å². The monoisotopic (exact) mass is 440 g/mol. The lowest BCUT2D eigenvalue weighted by Crippen LogP contribution is -2.44. The first-order valence-electron chi connectivity index (χ1n) is 11.8. The van der Waals surface area contributed by atoms with Gasteiger partial charge in [0.15, 0.2) is 11.5 Å². The Morgan fingerprint density at radius 1 is 0.848 bits per heavy atom. The Kier molecular flexibility index (Phi) is 5.14. The van der Waals surface area contributed by atoms with Gasteiger partial charge in [0.2, 0.25) is 0 Å². The van der Waals surface area contributed by atoms with Crippen molar-refractivity contribution in [2.24, 2.45) is 0 Å². The predicted molar refractivity (Wildman–Crippen MR) is 130 cm³/mol. The molecule has 0 aromatic carbocycles. The summed E-state index contributed by atoms with van der Waals surface area (Å²) in [5, 5.41) is 4.47. The lowest BCUT2D eigenvalue weighted by atomic mass is 10.0. The molecule has 0 amide bonds. The van der Waals surface area contributed by atoms with Gasteiger partial charge in [-0.15, -0.1) is 5.10 Å². The Hall–Kier alpha value is -3.52. The summed E-state index contributed by atoms with van der Waals surface area (Å²) in [6.07, 6.45) is 12.6. The number of pyridine rings is 2. The number of rotatable bonds is 4. The third-order valence-electron chi connectivity index (χ3n) is 6.95. The van der Waals surface area contributed by atoms with Crippen LogP contribution in [-0.4, -0.2) is 61.7 Å². The lowest BCUT2D eigenvalue weighted by molar-refractivity contribution is 0.207. The molecule has 2 aliphatic rings. The van der Waals surface area contributed by atoms with Crippen molar-refractivity contribution in [1.29, 1.82) is 0 Å². The Labute approximate surface area is 193 Å². The highest BCUT2D eigenvalue weighted by molar-refractivity contribution is 5.84. The number of nitrogens with zero attached hydrogens (tertiary/aromatic N) is 7. The molecule has 2 aliphatic heterocycles. The van der Waals surface area contributed by atoms with Crippen LogP contribution in [0.4, 0.5) is 11.6 Å². The van der Waals surface area contributed by atoms with E-state index in [1.165, 1.54) is 38.8 Å². The fraction of sp³-hybridized carbons (Fsp3) is 0.360. The maximum atomic E-state index is 6.19. The topological polar surface area (TPSA) is 88.5 Å². The van der Waals surface area contributed by atoms with Gasteiger partial charge in [-0.1, -0.05) is 6.07 Å². The van der Waals surface area contributed by atoms with E-state index in [-0.39, 0.29) is 0 Å². The quantitative estimate of drug-likeness (QED) is 0.520. The normalized spacial score (nSPS) is 17.8. The van der Waals surface area contributed by atoms with Gasteiger partial charge in [0.05, 0.1) is 11.3 Å². The van der Waals surface area contributed by atoms with Crippen molar-refractivity contribution in [3.8, 4) is 22.4 Å². The van der Waals surface area contributed by atoms with Crippen LogP contribution < -0.4 is 10.6 Å². The zero-order chi connectivity index (χ0) is 22.2. The summed E-state index contributed by atoms with van der Waals surface area (Å²) in [5.41, 5.74) is 10.4. The minimum atomic E-state index is 0.421. The first-order valence-corrected chi connectivity index (χ1v) is 11.8. The van der Waals surface area contributed by atoms with E-state index in [1.54, 1.807) is 10.7 Å². The van der Waals surface area contributed by atoms with Gasteiger partial charge in [0, 0.05) is 55.0 Å². The summed E-state index contributed by atoms with van der Waals surface area (Å²) in [4.78, 5) is 18.9. The van der Waals surface area contributed by atoms with Crippen LogP contribution in [0.1, 0.15) is 25.7 Å². The molecular formula is C25H28N8. The van der Waals surface area contributed by atoms with Gasteiger partial charge in [0.1, 0.15) is 5.82 Å². The van der Waals surface area contributed by atoms with Gasteiger partial charge < -0.3 is 15.5 Å². The summed E-state index contributed by atoms with van der Waals surface area (Å²) in [6, 6.07) is 10.7. The second kappa shape index (κ2) is 8.44. The minimum Gasteiger partial charge on any atom is -0.382 e. The summed E-state index contributed by atoms with van der Waals surface area (Å²) >= 11 is 0. The van der Waals surface area contributed by atoms with Crippen LogP contribution in [0, 0.1) is 0 Å². The third kappa shape index (κ3) is 3.80. The third-order valence-corrected chi connectivity index (χ3v) is 6.95. The van der Waals surface area contributed by atoms with E-state index in [4.69, 9.17) is 10.7 Å². The molecule has 168 valence electrons. The largest absolute Gasteiger partial charge is 0.382 e. The minimum absolute atomic E-state index is 0.421. The average molecular weight is 441 g/mol. The Morgan fingerprint density at radius 3 is 2.39 bits per heavy atom. The molecule has 0 saturated carbocycles. The van der Waals surface area contributed by atoms with Crippen LogP contribution in [0.2, 0.25) is 0 Å². The molecule has 0 unspecified atom stereocenters. The van der Waals surface area contributed by atoms with E-state index in [2.05, 4.69) is 37.0 Å². The molecule has 33 heavy (non-hydrogen) atoms. The molecule has 2 N–H and O–H groups in total. The number of nitrogens with two attached hydrogens (primary N) is 1. The van der Waals surface area contributed by atoms with E-state index >= 15 is 0 Å². The van der Waals surface area contributed by atoms with Crippen LogP contribution in [0.5, 0.6) is 0 Å². The van der Waals surface area contributed by atoms with Gasteiger partial charge >= 0.3 is 0 Å². The van der Waals surface area contributed by atoms with Crippen molar-refractivity contribution in [3.05, 3.63) is 55.1 Å². The van der Waals surface area contributed by atoms with E-state index in [0.29, 0.717) is 11.5 Å². The molecule has 4 aromatic rings. The standard InChI is InChI=1S/C25H28N8/c26-24-23(21-5-1-2-10-27-21)25-29-16-19(17-33(25)30-24)18-6-7-22(28-15-18)32-13-8-20(9-14-32)31-11-3-4-12-31/h1-2,5-7,10,15-17,20H,3-4,8-9,11-14H2,(H2,26,30). The fourth-order valence-corrected chi connectivity index (χ4v) is 5.17. The first-order chi connectivity index (χ1) is 16.3. The van der Waals surface area contributed by atoms with E-state index in [0.717, 1.165) is 47.3 Å². The number of hydrogen-bond acceptors (Lipinski definition) is 7. The van der Waals surface area contributed by atoms with Gasteiger partial charge in [-0.3, -0.25) is 4.98 Å². The predicted octanol–water partition coefficient (Wildman–Crippen LogP) is 3.50. The summed E-state index contributed by atoms with van der Waals surface area (Å²) < 4.78 is 1.73. The van der Waals surface area contributed by atoms with E-state index < -0.39 is 0 Å². The number of piperidine rings is 1. The number of hydrogen-bond donors (Lipinski definition) is 1. The van der Waals surface area contributed by atoms with Crippen molar-refractivity contribution >= 4 is 17.3 Å². The van der Waals surface area contributed by atoms with Crippen LogP contribution >= 0.6 is 0 Å². The van der Waals surface area contributed by atoms with E-state index in [9.17, 15) is 0 Å². The highest BCUT2D eigenvalue weighted by Crippen LogP contribution is 2.30. The molecule has 0 radical (unpaired) electrons. The fourth-order valence-electron chi connectivity index (χ4n) is 5.17. The van der Waals surface area contributed by atoms with Gasteiger partial charge in [-0.2, -0.15) is 0 Å². The van der Waals surface area contributed by atoms with E-state index in [1.807, 2.05) is 36.8 Å². The van der Waals surface area contributed by atoms with Gasteiger partial charge in [-0.25, -0.2) is 14.5 Å². The molecule has 2 saturated heterocycles. The molecular weight excluding hydrogens is 412 g/mol. The number of aromatic nitrogens is 5. The number of likely N-dealkylation sites (tertiary alicyclic amines) is 1. The molecule has 0 spiro atoms. The molecule has 0 atom stereocenters. The van der Waals surface area contributed by atoms with Crippen LogP contribution in [0.25, 0.3) is 28.0 Å². The molecule has 2 fully saturated rings. The smallest absolute Gasteiger partial charge is 0.166 e. The number of anilines is 2. The van der Waals surface area contributed by atoms with Crippen molar-refractivity contribution < 1.29 is 0 Å². The second-order valence-corrected chi connectivity index (χ2v) is 8.95. The molecule has 0 aliphatic carbocycles. The first kappa shape index (κ1) is 20.1. The zero-order valence-electron chi connectivity index (χ0n) is 18.6. The van der Waals surface area contributed by atoms with Gasteiger partial charge in [0.25, 0.3) is 0 Å². The van der Waals surface area contributed by atoms with Crippen LogP contribution in [0.3, 0.4) is 0 Å². The molecule has 0 bridgehead atoms. The summed E-state index contributed by atoms with van der Waals surface area (Å²) in [5.74, 6) is 1.47. The summed E-state index contributed by atoms with van der Waals surface area (Å²) in [7, 11) is 0. The molecule has 8 nitrogen and oxygen atoms in total. The molecule has 6 rings (SSSR count). The highest BCUT2D eigenvalue weighted by Gasteiger charge is 2.26. The zero-order valence-corrected chi connectivity index (χ0v) is 18.6. The Bertz CT molecular complexity index is 1240. The lowest BCUT2D eigenvalue weighted by Gasteiger charge is -2.37. The average Bonchev–Trinajstić information content (AvgIpc) is 3.52. The van der Waals surface area contributed by atoms with Crippen molar-refractivity contribution in [2.75, 3.05) is 36.8 Å². The SMILES string of the molecule is Nc1nn2cc(-c3ccc(N4CCC(N5CCCC5)CC4)nc3)cnc2c1-c1ccccn1. The maximum absolute atomic E-state index is 6.19. The van der Waals surface area contributed by atoms with Gasteiger partial charge in [-0.05, 0) is 63.0 Å². The molecule has 8 heteroatoms. The van der Waals surface area contributed by atoms with Crippen molar-refractivity contribution in [1.82, 2.24) is 29.5 Å². The maximum Gasteiger partial charge on any atom is 0.166 e. The molecule has 4 aromatic heterocycles.